The van der Waals surface area contributed by atoms with Crippen LogP contribution >= 0.6 is 31.5 Å². The van der Waals surface area contributed by atoms with Crippen molar-refractivity contribution in [2.24, 2.45) is 0 Å². The van der Waals surface area contributed by atoms with Gasteiger partial charge in [0.1, 0.15) is 18.2 Å². The number of rotatable bonds is 8. The maximum Gasteiger partial charge on any atom is 0.695 e. The van der Waals surface area contributed by atoms with Gasteiger partial charge in [-0.3, -0.25) is 4.79 Å². The molecule has 1 aromatic heterocycles. The minimum Gasteiger partial charge on any atom is -0.493 e. The molecule has 10 nitrogen and oxygen atoms in total. The summed E-state index contributed by atoms with van der Waals surface area (Å²) in [6.07, 6.45) is 2.18. The second-order valence-electron chi connectivity index (χ2n) is 7.80. The number of fused-ring (bicyclic) bond motifs is 1. The third kappa shape index (κ3) is 5.93. The van der Waals surface area contributed by atoms with E-state index < -0.39 is 20.7 Å². The van der Waals surface area contributed by atoms with Crippen LogP contribution in [-0.4, -0.2) is 58.6 Å². The summed E-state index contributed by atoms with van der Waals surface area (Å²) in [6, 6.07) is 6.32. The van der Waals surface area contributed by atoms with E-state index in [4.69, 9.17) is 37.6 Å². The number of halogens is 3. The van der Waals surface area contributed by atoms with Crippen LogP contribution in [0.2, 0.25) is 10.0 Å². The zero-order chi connectivity index (χ0) is 25.8. The number of likely N-dealkylation sites (tertiary alicyclic amines) is 1. The highest BCUT2D eigenvalue weighted by Gasteiger charge is 2.27. The third-order valence-electron chi connectivity index (χ3n) is 5.60. The molecule has 0 radical (unpaired) electrons. The van der Waals surface area contributed by atoms with Gasteiger partial charge in [-0.1, -0.05) is 23.2 Å². The number of ether oxygens (including phenoxy) is 2. The van der Waals surface area contributed by atoms with Crippen LogP contribution in [0.25, 0.3) is 10.9 Å². The number of benzene rings is 2. The second-order valence-corrected chi connectivity index (χ2v) is 9.32. The molecule has 2 heterocycles. The summed E-state index contributed by atoms with van der Waals surface area (Å²) in [6.45, 7) is 0.347. The average molecular weight is 558 g/mol. The molecule has 1 unspecified atom stereocenters. The fourth-order valence-electron chi connectivity index (χ4n) is 3.77. The largest absolute Gasteiger partial charge is 0.695 e. The Morgan fingerprint density at radius 2 is 2.00 bits per heavy atom. The van der Waals surface area contributed by atoms with Gasteiger partial charge in [0.05, 0.1) is 28.4 Å². The van der Waals surface area contributed by atoms with Crippen LogP contribution in [0.15, 0.2) is 30.6 Å². The van der Waals surface area contributed by atoms with E-state index in [1.807, 2.05) is 0 Å². The Balaban J connectivity index is 1.53. The monoisotopic (exact) mass is 557 g/mol. The van der Waals surface area contributed by atoms with E-state index in [2.05, 4.69) is 19.8 Å². The molecule has 2 N–H and O–H groups in total. The quantitative estimate of drug-likeness (QED) is 0.295. The zero-order valence-electron chi connectivity index (χ0n) is 18.9. The van der Waals surface area contributed by atoms with Crippen molar-refractivity contribution in [3.05, 3.63) is 46.5 Å². The summed E-state index contributed by atoms with van der Waals surface area (Å²) < 4.78 is 41.4. The van der Waals surface area contributed by atoms with Gasteiger partial charge in [0.15, 0.2) is 23.9 Å². The van der Waals surface area contributed by atoms with Gasteiger partial charge in [0.25, 0.3) is 5.91 Å². The number of piperidine rings is 1. The minimum absolute atomic E-state index is 0.0921. The Morgan fingerprint density at radius 3 is 2.69 bits per heavy atom. The molecule has 0 saturated carbocycles. The van der Waals surface area contributed by atoms with E-state index in [0.717, 1.165) is 0 Å². The molecule has 1 aliphatic rings. The zero-order valence-corrected chi connectivity index (χ0v) is 21.3. The highest BCUT2D eigenvalue weighted by molar-refractivity contribution is 7.32. The Labute approximate surface area is 216 Å². The van der Waals surface area contributed by atoms with E-state index in [0.29, 0.717) is 54.2 Å². The lowest BCUT2D eigenvalue weighted by Crippen LogP contribution is -2.43. The van der Waals surface area contributed by atoms with Gasteiger partial charge in [0, 0.05) is 41.9 Å². The van der Waals surface area contributed by atoms with Crippen LogP contribution in [0.4, 0.5) is 15.9 Å². The van der Waals surface area contributed by atoms with Crippen LogP contribution in [0.3, 0.4) is 0 Å². The Bertz CT molecular complexity index is 1310. The number of nitrogens with one attached hydrogen (secondary N) is 1. The number of methoxy groups -OCH3 is 1. The summed E-state index contributed by atoms with van der Waals surface area (Å²) in [4.78, 5) is 30.9. The van der Waals surface area contributed by atoms with Crippen molar-refractivity contribution in [3.8, 4) is 11.5 Å². The van der Waals surface area contributed by atoms with Crippen LogP contribution in [0.5, 0.6) is 11.5 Å². The number of hydrogen-bond donors (Lipinski definition) is 2. The first-order chi connectivity index (χ1) is 17.3. The van der Waals surface area contributed by atoms with Crippen molar-refractivity contribution in [1.29, 1.82) is 0 Å². The van der Waals surface area contributed by atoms with E-state index in [-0.39, 0.29) is 27.7 Å². The SMILES string of the molecule is COc1cc2ncnc(Nc3ccc(Cl)c(Cl)c3F)c2cc1OC1CCN(C(=O)CO[P+](=O)O)CC1. The number of amides is 1. The minimum atomic E-state index is -2.83. The van der Waals surface area contributed by atoms with E-state index in [9.17, 15) is 13.8 Å². The van der Waals surface area contributed by atoms with Crippen molar-refractivity contribution < 1.29 is 32.6 Å². The molecule has 0 spiro atoms. The molecule has 14 heteroatoms. The van der Waals surface area contributed by atoms with E-state index >= 15 is 0 Å². The number of anilines is 2. The van der Waals surface area contributed by atoms with Crippen LogP contribution < -0.4 is 14.8 Å². The van der Waals surface area contributed by atoms with Gasteiger partial charge >= 0.3 is 8.25 Å². The van der Waals surface area contributed by atoms with Gasteiger partial charge in [-0.2, -0.15) is 0 Å². The maximum absolute atomic E-state index is 14.6. The van der Waals surface area contributed by atoms with Gasteiger partial charge in [-0.05, 0) is 18.2 Å². The topological polar surface area (TPSA) is 123 Å². The molecule has 0 aliphatic carbocycles. The molecule has 1 fully saturated rings. The lowest BCUT2D eigenvalue weighted by molar-refractivity contribution is -0.135. The van der Waals surface area contributed by atoms with E-state index in [1.165, 1.54) is 25.6 Å². The van der Waals surface area contributed by atoms with Crippen molar-refractivity contribution in [2.75, 3.05) is 32.1 Å². The van der Waals surface area contributed by atoms with Crippen LogP contribution in [0.1, 0.15) is 12.8 Å². The molecular formula is C22H21Cl2FN4O6P+. The molecular weight excluding hydrogens is 537 g/mol. The van der Waals surface area contributed by atoms with Crippen LogP contribution in [-0.2, 0) is 13.9 Å². The summed E-state index contributed by atoms with van der Waals surface area (Å²) in [5, 5.41) is 3.38. The summed E-state index contributed by atoms with van der Waals surface area (Å²) >= 11 is 11.8. The molecule has 4 rings (SSSR count). The van der Waals surface area contributed by atoms with Crippen molar-refractivity contribution >= 4 is 59.8 Å². The first-order valence-corrected chi connectivity index (χ1v) is 12.6. The van der Waals surface area contributed by atoms with Crippen molar-refractivity contribution in [1.82, 2.24) is 14.9 Å². The number of hydrogen-bond acceptors (Lipinski definition) is 8. The lowest BCUT2D eigenvalue weighted by atomic mass is 10.1. The fraction of sp³-hybridized carbons (Fsp3) is 0.318. The summed E-state index contributed by atoms with van der Waals surface area (Å²) in [5.41, 5.74) is 0.634. The number of aromatic nitrogens is 2. The highest BCUT2D eigenvalue weighted by atomic mass is 35.5. The summed E-state index contributed by atoms with van der Waals surface area (Å²) in [5.74, 6) is 0.136. The predicted octanol–water partition coefficient (Wildman–Crippen LogP) is 4.86. The Kier molecular flexibility index (Phi) is 8.38. The predicted molar refractivity (Wildman–Crippen MR) is 132 cm³/mol. The molecule has 1 aliphatic heterocycles. The van der Waals surface area contributed by atoms with Crippen molar-refractivity contribution in [3.63, 3.8) is 0 Å². The van der Waals surface area contributed by atoms with Crippen LogP contribution in [0, 0.1) is 5.82 Å². The Hall–Kier alpha value is -2.82. The van der Waals surface area contributed by atoms with Gasteiger partial charge < -0.3 is 19.7 Å². The molecule has 36 heavy (non-hydrogen) atoms. The van der Waals surface area contributed by atoms with E-state index in [1.54, 1.807) is 17.0 Å². The third-order valence-corrected chi connectivity index (χ3v) is 6.73. The average Bonchev–Trinajstić information content (AvgIpc) is 2.88. The van der Waals surface area contributed by atoms with Gasteiger partial charge in [0.2, 0.25) is 0 Å². The molecule has 1 saturated heterocycles. The number of nitrogens with zero attached hydrogens (tertiary/aromatic N) is 3. The van der Waals surface area contributed by atoms with Gasteiger partial charge in [-0.15, -0.1) is 9.42 Å². The summed E-state index contributed by atoms with van der Waals surface area (Å²) in [7, 11) is -1.32. The van der Waals surface area contributed by atoms with Gasteiger partial charge in [-0.25, -0.2) is 14.4 Å². The lowest BCUT2D eigenvalue weighted by Gasteiger charge is -2.32. The molecule has 190 valence electrons. The molecule has 1 amide bonds. The molecule has 0 bridgehead atoms. The first kappa shape index (κ1) is 26.2. The Morgan fingerprint density at radius 1 is 1.25 bits per heavy atom. The number of carbonyl (C=O) groups is 1. The first-order valence-electron chi connectivity index (χ1n) is 10.7. The standard InChI is InChI=1S/C22H20Cl2FN4O6P/c1-33-17-9-16-13(22(27-11-26-16)28-15-3-2-14(23)20(24)21(15)25)8-18(17)35-12-4-6-29(7-5-12)19(30)10-34-36(31)32/h2-3,8-9,11-12H,4-7,10H2,1H3,(H-,26,27,28,31,32)/p+1. The molecule has 2 aromatic carbocycles. The normalized spacial score (nSPS) is 14.6. The smallest absolute Gasteiger partial charge is 0.493 e. The fourth-order valence-corrected chi connectivity index (χ4v) is 4.30. The molecule has 3 aromatic rings. The van der Waals surface area contributed by atoms with Crippen molar-refractivity contribution in [2.45, 2.75) is 18.9 Å². The maximum atomic E-state index is 14.6. The second kappa shape index (κ2) is 11.5. The number of carbonyl (C=O) groups excluding carboxylic acids is 1. The molecule has 1 atom stereocenters. The highest BCUT2D eigenvalue weighted by Crippen LogP contribution is 2.37.